The lowest BCUT2D eigenvalue weighted by Gasteiger charge is -2.37. The van der Waals surface area contributed by atoms with Crippen molar-refractivity contribution < 1.29 is 9.21 Å². The van der Waals surface area contributed by atoms with Gasteiger partial charge in [0.25, 0.3) is 0 Å². The molecular weight excluding hydrogens is 308 g/mol. The van der Waals surface area contributed by atoms with E-state index in [0.29, 0.717) is 12.3 Å². The number of furan rings is 1. The standard InChI is InChI=1S/C18H24N2O2S/c1-3-15-5-6-17(22-15)16-10-13(2)8-9-20(16)18(21)7-4-14-11-23-12-19-14/h5-6,11-13,16H,3-4,7-10H2,1-2H3. The van der Waals surface area contributed by atoms with Crippen molar-refractivity contribution in [1.29, 1.82) is 0 Å². The second-order valence-electron chi connectivity index (χ2n) is 6.37. The first-order valence-corrected chi connectivity index (χ1v) is 9.36. The number of amides is 1. The smallest absolute Gasteiger partial charge is 0.223 e. The average molecular weight is 332 g/mol. The highest BCUT2D eigenvalue weighted by atomic mass is 32.1. The van der Waals surface area contributed by atoms with E-state index >= 15 is 0 Å². The Kier molecular flexibility index (Phi) is 5.16. The lowest BCUT2D eigenvalue weighted by molar-refractivity contribution is -0.136. The van der Waals surface area contributed by atoms with Crippen molar-refractivity contribution in [1.82, 2.24) is 9.88 Å². The van der Waals surface area contributed by atoms with E-state index in [4.69, 9.17) is 4.42 Å². The molecule has 23 heavy (non-hydrogen) atoms. The molecule has 2 aromatic heterocycles. The molecule has 1 aliphatic heterocycles. The fraction of sp³-hybridized carbons (Fsp3) is 0.556. The average Bonchev–Trinajstić information content (AvgIpc) is 3.23. The summed E-state index contributed by atoms with van der Waals surface area (Å²) in [6.45, 7) is 5.17. The van der Waals surface area contributed by atoms with Crippen molar-refractivity contribution in [3.63, 3.8) is 0 Å². The van der Waals surface area contributed by atoms with Gasteiger partial charge in [-0.15, -0.1) is 11.3 Å². The predicted octanol–water partition coefficient (Wildman–Crippen LogP) is 4.23. The van der Waals surface area contributed by atoms with Crippen LogP contribution in [-0.4, -0.2) is 22.3 Å². The highest BCUT2D eigenvalue weighted by Gasteiger charge is 2.32. The van der Waals surface area contributed by atoms with Crippen molar-refractivity contribution in [3.8, 4) is 0 Å². The highest BCUT2D eigenvalue weighted by molar-refractivity contribution is 7.07. The molecule has 1 aliphatic rings. The third-order valence-corrected chi connectivity index (χ3v) is 5.26. The number of hydrogen-bond donors (Lipinski definition) is 0. The Morgan fingerprint density at radius 3 is 3.04 bits per heavy atom. The highest BCUT2D eigenvalue weighted by Crippen LogP contribution is 2.35. The molecule has 0 spiro atoms. The molecule has 0 bridgehead atoms. The Morgan fingerprint density at radius 2 is 2.35 bits per heavy atom. The molecule has 1 amide bonds. The molecule has 0 saturated carbocycles. The topological polar surface area (TPSA) is 46.3 Å². The number of nitrogens with zero attached hydrogens (tertiary/aromatic N) is 2. The van der Waals surface area contributed by atoms with Gasteiger partial charge in [-0.2, -0.15) is 0 Å². The molecule has 1 saturated heterocycles. The number of carbonyl (C=O) groups excluding carboxylic acids is 1. The summed E-state index contributed by atoms with van der Waals surface area (Å²) in [4.78, 5) is 19.0. The largest absolute Gasteiger partial charge is 0.464 e. The summed E-state index contributed by atoms with van der Waals surface area (Å²) < 4.78 is 5.95. The van der Waals surface area contributed by atoms with Crippen LogP contribution in [0.2, 0.25) is 0 Å². The van der Waals surface area contributed by atoms with Gasteiger partial charge in [-0.05, 0) is 37.3 Å². The van der Waals surface area contributed by atoms with Gasteiger partial charge in [-0.3, -0.25) is 4.79 Å². The molecule has 2 atom stereocenters. The lowest BCUT2D eigenvalue weighted by atomic mass is 9.90. The fourth-order valence-corrected chi connectivity index (χ4v) is 3.81. The van der Waals surface area contributed by atoms with Crippen LogP contribution >= 0.6 is 11.3 Å². The summed E-state index contributed by atoms with van der Waals surface area (Å²) in [7, 11) is 0. The van der Waals surface area contributed by atoms with Crippen LogP contribution in [0.3, 0.4) is 0 Å². The molecule has 124 valence electrons. The van der Waals surface area contributed by atoms with Crippen LogP contribution in [0.5, 0.6) is 0 Å². The Hall–Kier alpha value is -1.62. The van der Waals surface area contributed by atoms with Gasteiger partial charge in [0.1, 0.15) is 11.5 Å². The first-order chi connectivity index (χ1) is 11.2. The van der Waals surface area contributed by atoms with Gasteiger partial charge in [-0.25, -0.2) is 4.98 Å². The van der Waals surface area contributed by atoms with Crippen molar-refractivity contribution in [2.24, 2.45) is 5.92 Å². The molecule has 2 aromatic rings. The molecule has 3 heterocycles. The maximum absolute atomic E-state index is 12.7. The molecule has 2 unspecified atom stereocenters. The molecular formula is C18H24N2O2S. The van der Waals surface area contributed by atoms with Crippen molar-refractivity contribution >= 4 is 17.2 Å². The molecule has 1 fully saturated rings. The third-order valence-electron chi connectivity index (χ3n) is 4.62. The van der Waals surface area contributed by atoms with Gasteiger partial charge in [-0.1, -0.05) is 13.8 Å². The van der Waals surface area contributed by atoms with Crippen LogP contribution in [0, 0.1) is 5.92 Å². The minimum absolute atomic E-state index is 0.0852. The van der Waals surface area contributed by atoms with E-state index < -0.39 is 0 Å². The van der Waals surface area contributed by atoms with Gasteiger partial charge in [0.05, 0.1) is 17.2 Å². The zero-order valence-electron chi connectivity index (χ0n) is 13.8. The number of likely N-dealkylation sites (tertiary alicyclic amines) is 1. The fourth-order valence-electron chi connectivity index (χ4n) is 3.21. The van der Waals surface area contributed by atoms with Crippen LogP contribution in [-0.2, 0) is 17.6 Å². The molecule has 0 radical (unpaired) electrons. The van der Waals surface area contributed by atoms with E-state index in [1.165, 1.54) is 0 Å². The van der Waals surface area contributed by atoms with Gasteiger partial charge >= 0.3 is 0 Å². The summed E-state index contributed by atoms with van der Waals surface area (Å²) >= 11 is 1.58. The minimum atomic E-state index is 0.0852. The van der Waals surface area contributed by atoms with E-state index in [9.17, 15) is 4.79 Å². The quantitative estimate of drug-likeness (QED) is 0.823. The van der Waals surface area contributed by atoms with E-state index in [-0.39, 0.29) is 11.9 Å². The summed E-state index contributed by atoms with van der Waals surface area (Å²) in [5.74, 6) is 2.77. The predicted molar refractivity (Wildman–Crippen MR) is 91.4 cm³/mol. The second-order valence-corrected chi connectivity index (χ2v) is 7.09. The monoisotopic (exact) mass is 332 g/mol. The number of aryl methyl sites for hydroxylation is 2. The summed E-state index contributed by atoms with van der Waals surface area (Å²) in [5.41, 5.74) is 2.83. The number of thiazole rings is 1. The van der Waals surface area contributed by atoms with Crippen LogP contribution in [0.25, 0.3) is 0 Å². The van der Waals surface area contributed by atoms with Crippen LogP contribution < -0.4 is 0 Å². The SMILES string of the molecule is CCc1ccc(C2CC(C)CCN2C(=O)CCc2cscn2)o1. The first-order valence-electron chi connectivity index (χ1n) is 8.42. The molecule has 0 aromatic carbocycles. The van der Waals surface area contributed by atoms with Gasteiger partial charge < -0.3 is 9.32 Å². The van der Waals surface area contributed by atoms with Gasteiger partial charge in [0.2, 0.25) is 5.91 Å². The summed E-state index contributed by atoms with van der Waals surface area (Å²) in [6, 6.07) is 4.16. The third kappa shape index (κ3) is 3.83. The number of rotatable bonds is 5. The van der Waals surface area contributed by atoms with Crippen molar-refractivity contribution in [3.05, 3.63) is 40.2 Å². The van der Waals surface area contributed by atoms with Crippen molar-refractivity contribution in [2.45, 2.75) is 52.0 Å². The lowest BCUT2D eigenvalue weighted by Crippen LogP contribution is -2.40. The molecule has 0 aliphatic carbocycles. The number of hydrogen-bond acceptors (Lipinski definition) is 4. The van der Waals surface area contributed by atoms with E-state index in [1.807, 2.05) is 27.9 Å². The molecule has 0 N–H and O–H groups in total. The second kappa shape index (κ2) is 7.30. The molecule has 5 heteroatoms. The van der Waals surface area contributed by atoms with Crippen LogP contribution in [0.1, 0.15) is 56.4 Å². The maximum Gasteiger partial charge on any atom is 0.223 e. The number of piperidine rings is 1. The van der Waals surface area contributed by atoms with E-state index in [1.54, 1.807) is 11.3 Å². The maximum atomic E-state index is 12.7. The Labute approximate surface area is 141 Å². The minimum Gasteiger partial charge on any atom is -0.464 e. The van der Waals surface area contributed by atoms with Crippen molar-refractivity contribution in [2.75, 3.05) is 6.54 Å². The Balaban J connectivity index is 1.70. The first kappa shape index (κ1) is 16.2. The van der Waals surface area contributed by atoms with Gasteiger partial charge in [0.15, 0.2) is 0 Å². The van der Waals surface area contributed by atoms with Crippen LogP contribution in [0.15, 0.2) is 27.4 Å². The summed E-state index contributed by atoms with van der Waals surface area (Å²) in [5, 5.41) is 2.02. The zero-order valence-corrected chi connectivity index (χ0v) is 14.6. The normalized spacial score (nSPS) is 21.6. The molecule has 3 rings (SSSR count). The van der Waals surface area contributed by atoms with E-state index in [0.717, 1.165) is 49.4 Å². The van der Waals surface area contributed by atoms with E-state index in [2.05, 4.69) is 18.8 Å². The summed E-state index contributed by atoms with van der Waals surface area (Å²) in [6.07, 6.45) is 4.19. The Bertz CT molecular complexity index is 635. The number of carbonyl (C=O) groups is 1. The van der Waals surface area contributed by atoms with Crippen LogP contribution in [0.4, 0.5) is 0 Å². The Morgan fingerprint density at radius 1 is 1.48 bits per heavy atom. The molecule has 4 nitrogen and oxygen atoms in total. The number of aromatic nitrogens is 1. The van der Waals surface area contributed by atoms with Gasteiger partial charge in [0, 0.05) is 24.8 Å². The zero-order chi connectivity index (χ0) is 16.2.